The Bertz CT molecular complexity index is 954. The minimum atomic E-state index is -0.532. The summed E-state index contributed by atoms with van der Waals surface area (Å²) in [6.07, 6.45) is 1.54. The fraction of sp³-hybridized carbons (Fsp3) is 0.100. The summed E-state index contributed by atoms with van der Waals surface area (Å²) in [5.41, 5.74) is 1.61. The number of anilines is 1. The highest BCUT2D eigenvalue weighted by atomic mass is 32.2. The number of methoxy groups -OCH3 is 1. The molecule has 0 atom stereocenters. The first kappa shape index (κ1) is 19.4. The van der Waals surface area contributed by atoms with Gasteiger partial charge in [0.2, 0.25) is 5.91 Å². The van der Waals surface area contributed by atoms with E-state index in [2.05, 4.69) is 10.1 Å². The molecule has 0 saturated carbocycles. The van der Waals surface area contributed by atoms with Gasteiger partial charge in [0.05, 0.1) is 17.6 Å². The molecule has 1 aliphatic heterocycles. The maximum absolute atomic E-state index is 12.5. The molecule has 0 aromatic heterocycles. The summed E-state index contributed by atoms with van der Waals surface area (Å²) in [6.45, 7) is -0.363. The van der Waals surface area contributed by atoms with Crippen LogP contribution in [0.5, 0.6) is 0 Å². The van der Waals surface area contributed by atoms with E-state index in [0.29, 0.717) is 16.8 Å². The van der Waals surface area contributed by atoms with Crippen molar-refractivity contribution in [2.75, 3.05) is 19.0 Å². The van der Waals surface area contributed by atoms with Crippen LogP contribution in [0.3, 0.4) is 0 Å². The van der Waals surface area contributed by atoms with Crippen LogP contribution >= 0.6 is 11.8 Å². The predicted molar refractivity (Wildman–Crippen MR) is 106 cm³/mol. The van der Waals surface area contributed by atoms with Gasteiger partial charge in [0.1, 0.15) is 6.54 Å². The molecule has 1 saturated heterocycles. The van der Waals surface area contributed by atoms with Crippen LogP contribution in [0.25, 0.3) is 6.08 Å². The SMILES string of the molecule is COC(=O)c1ccc(/C=C2/SC(=O)N(CC(=O)Nc3ccccc3)C2=O)cc1. The number of benzene rings is 2. The lowest BCUT2D eigenvalue weighted by atomic mass is 10.1. The second-order valence-corrected chi connectivity index (χ2v) is 6.79. The van der Waals surface area contributed by atoms with E-state index in [-0.39, 0.29) is 11.4 Å². The van der Waals surface area contributed by atoms with Crippen molar-refractivity contribution in [1.82, 2.24) is 4.90 Å². The minimum Gasteiger partial charge on any atom is -0.465 e. The van der Waals surface area contributed by atoms with Crippen LogP contribution in [0.2, 0.25) is 0 Å². The van der Waals surface area contributed by atoms with Crippen molar-refractivity contribution in [2.24, 2.45) is 0 Å². The molecule has 0 spiro atoms. The third kappa shape index (κ3) is 4.47. The predicted octanol–water partition coefficient (Wildman–Crippen LogP) is 3.15. The Balaban J connectivity index is 1.68. The summed E-state index contributed by atoms with van der Waals surface area (Å²) in [6, 6.07) is 15.2. The summed E-state index contributed by atoms with van der Waals surface area (Å²) < 4.78 is 4.63. The van der Waals surface area contributed by atoms with Crippen LogP contribution in [0.1, 0.15) is 15.9 Å². The van der Waals surface area contributed by atoms with Gasteiger partial charge >= 0.3 is 5.97 Å². The van der Waals surface area contributed by atoms with Crippen molar-refractivity contribution in [3.8, 4) is 0 Å². The van der Waals surface area contributed by atoms with E-state index in [1.54, 1.807) is 54.6 Å². The van der Waals surface area contributed by atoms with Gasteiger partial charge in [0, 0.05) is 5.69 Å². The highest BCUT2D eigenvalue weighted by Gasteiger charge is 2.36. The Hall–Kier alpha value is -3.39. The van der Waals surface area contributed by atoms with Crippen molar-refractivity contribution in [3.63, 3.8) is 0 Å². The molecule has 0 aliphatic carbocycles. The number of carbonyl (C=O) groups is 4. The highest BCUT2D eigenvalue weighted by Crippen LogP contribution is 2.32. The Morgan fingerprint density at radius 2 is 1.75 bits per heavy atom. The molecule has 0 unspecified atom stereocenters. The van der Waals surface area contributed by atoms with Crippen LogP contribution in [-0.4, -0.2) is 41.6 Å². The topological polar surface area (TPSA) is 92.8 Å². The van der Waals surface area contributed by atoms with E-state index in [1.807, 2.05) is 6.07 Å². The smallest absolute Gasteiger partial charge is 0.337 e. The van der Waals surface area contributed by atoms with Crippen molar-refractivity contribution in [1.29, 1.82) is 0 Å². The number of nitrogens with one attached hydrogen (secondary N) is 1. The number of nitrogens with zero attached hydrogens (tertiary/aromatic N) is 1. The molecule has 1 aliphatic rings. The van der Waals surface area contributed by atoms with Crippen molar-refractivity contribution < 1.29 is 23.9 Å². The van der Waals surface area contributed by atoms with Gasteiger partial charge in [-0.15, -0.1) is 0 Å². The van der Waals surface area contributed by atoms with Crippen LogP contribution in [-0.2, 0) is 14.3 Å². The first-order chi connectivity index (χ1) is 13.5. The zero-order valence-electron chi connectivity index (χ0n) is 14.9. The molecule has 142 valence electrons. The third-order valence-electron chi connectivity index (χ3n) is 3.86. The fourth-order valence-corrected chi connectivity index (χ4v) is 3.32. The van der Waals surface area contributed by atoms with Crippen LogP contribution in [0.15, 0.2) is 59.5 Å². The summed E-state index contributed by atoms with van der Waals surface area (Å²) in [4.78, 5) is 49.3. The number of amides is 3. The maximum atomic E-state index is 12.5. The highest BCUT2D eigenvalue weighted by molar-refractivity contribution is 8.18. The summed E-state index contributed by atoms with van der Waals surface area (Å²) in [7, 11) is 1.29. The van der Waals surface area contributed by atoms with E-state index >= 15 is 0 Å². The van der Waals surface area contributed by atoms with E-state index in [1.165, 1.54) is 7.11 Å². The third-order valence-corrected chi connectivity index (χ3v) is 4.77. The Labute approximate surface area is 165 Å². The zero-order chi connectivity index (χ0) is 20.1. The zero-order valence-corrected chi connectivity index (χ0v) is 15.7. The molecule has 3 amide bonds. The van der Waals surface area contributed by atoms with Gasteiger partial charge in [-0.2, -0.15) is 0 Å². The standard InChI is InChI=1S/C20H16N2O5S/c1-27-19(25)14-9-7-13(8-10-14)11-16-18(24)22(20(26)28-16)12-17(23)21-15-5-3-2-4-6-15/h2-11H,12H2,1H3,(H,21,23)/b16-11+. The molecule has 3 rings (SSSR count). The second kappa shape index (κ2) is 8.53. The Morgan fingerprint density at radius 3 is 2.39 bits per heavy atom. The fourth-order valence-electron chi connectivity index (χ4n) is 2.49. The lowest BCUT2D eigenvalue weighted by Crippen LogP contribution is -2.36. The van der Waals surface area contributed by atoms with Gasteiger partial charge in [-0.1, -0.05) is 30.3 Å². The number of carbonyl (C=O) groups excluding carboxylic acids is 4. The summed E-state index contributed by atoms with van der Waals surface area (Å²) in [5.74, 6) is -1.45. The van der Waals surface area contributed by atoms with Gasteiger partial charge in [0.25, 0.3) is 11.1 Å². The quantitative estimate of drug-likeness (QED) is 0.617. The lowest BCUT2D eigenvalue weighted by molar-refractivity contribution is -0.127. The van der Waals surface area contributed by atoms with Crippen LogP contribution in [0, 0.1) is 0 Å². The maximum Gasteiger partial charge on any atom is 0.337 e. The molecule has 2 aromatic rings. The lowest BCUT2D eigenvalue weighted by Gasteiger charge is -2.12. The van der Waals surface area contributed by atoms with Gasteiger partial charge in [-0.25, -0.2) is 4.79 Å². The van der Waals surface area contributed by atoms with Crippen molar-refractivity contribution in [3.05, 3.63) is 70.6 Å². The number of esters is 1. The molecule has 1 N–H and O–H groups in total. The monoisotopic (exact) mass is 396 g/mol. The van der Waals surface area contributed by atoms with E-state index in [4.69, 9.17) is 0 Å². The summed E-state index contributed by atoms with van der Waals surface area (Å²) >= 11 is 0.767. The van der Waals surface area contributed by atoms with Crippen molar-refractivity contribution >= 4 is 46.5 Å². The van der Waals surface area contributed by atoms with Gasteiger partial charge in [0.15, 0.2) is 0 Å². The Morgan fingerprint density at radius 1 is 1.07 bits per heavy atom. The number of ether oxygens (including phenoxy) is 1. The molecular weight excluding hydrogens is 380 g/mol. The van der Waals surface area contributed by atoms with Crippen LogP contribution < -0.4 is 5.32 Å². The normalized spacial score (nSPS) is 15.0. The number of thioether (sulfide) groups is 1. The molecule has 0 radical (unpaired) electrons. The van der Waals surface area contributed by atoms with Crippen LogP contribution in [0.4, 0.5) is 10.5 Å². The Kier molecular flexibility index (Phi) is 5.90. The van der Waals surface area contributed by atoms with Gasteiger partial charge in [-0.3, -0.25) is 19.3 Å². The molecule has 1 fully saturated rings. The van der Waals surface area contributed by atoms with E-state index in [0.717, 1.165) is 16.7 Å². The molecule has 7 nitrogen and oxygen atoms in total. The number of para-hydroxylation sites is 1. The van der Waals surface area contributed by atoms with Crippen molar-refractivity contribution in [2.45, 2.75) is 0 Å². The molecule has 28 heavy (non-hydrogen) atoms. The van der Waals surface area contributed by atoms with E-state index < -0.39 is 23.0 Å². The molecule has 2 aromatic carbocycles. The molecule has 8 heteroatoms. The molecular formula is C20H16N2O5S. The first-order valence-electron chi connectivity index (χ1n) is 8.26. The van der Waals surface area contributed by atoms with Gasteiger partial charge in [-0.05, 0) is 47.7 Å². The first-order valence-corrected chi connectivity index (χ1v) is 9.08. The number of hydrogen-bond acceptors (Lipinski definition) is 6. The molecule has 0 bridgehead atoms. The number of rotatable bonds is 5. The largest absolute Gasteiger partial charge is 0.465 e. The summed E-state index contributed by atoms with van der Waals surface area (Å²) in [5, 5.41) is 2.13. The molecule has 1 heterocycles. The second-order valence-electron chi connectivity index (χ2n) is 5.80. The number of imide groups is 1. The van der Waals surface area contributed by atoms with E-state index in [9.17, 15) is 19.2 Å². The number of hydrogen-bond donors (Lipinski definition) is 1. The minimum absolute atomic E-state index is 0.211. The average molecular weight is 396 g/mol. The van der Waals surface area contributed by atoms with Gasteiger partial charge < -0.3 is 10.1 Å². The average Bonchev–Trinajstić information content (AvgIpc) is 2.96.